The number of hydrogen-bond acceptors (Lipinski definition) is 5. The van der Waals surface area contributed by atoms with E-state index in [1.165, 1.54) is 6.26 Å². The summed E-state index contributed by atoms with van der Waals surface area (Å²) >= 11 is 0. The van der Waals surface area contributed by atoms with E-state index in [1.54, 1.807) is 12.1 Å². The number of oxazole rings is 1. The van der Waals surface area contributed by atoms with Gasteiger partial charge in [0, 0.05) is 17.0 Å². The van der Waals surface area contributed by atoms with Gasteiger partial charge in [-0.25, -0.2) is 4.98 Å². The van der Waals surface area contributed by atoms with Crippen molar-refractivity contribution in [2.45, 2.75) is 20.4 Å². The van der Waals surface area contributed by atoms with Crippen molar-refractivity contribution in [1.29, 1.82) is 15.8 Å². The number of hydrogen-bond donors (Lipinski definition) is 0. The van der Waals surface area contributed by atoms with Crippen molar-refractivity contribution < 1.29 is 4.42 Å². The number of nitrogens with zero attached hydrogens (tertiary/aromatic N) is 5. The summed E-state index contributed by atoms with van der Waals surface area (Å²) in [6.45, 7) is 4.13. The summed E-state index contributed by atoms with van der Waals surface area (Å²) in [7, 11) is 0. The van der Waals surface area contributed by atoms with Gasteiger partial charge in [0.05, 0.1) is 23.7 Å². The van der Waals surface area contributed by atoms with Crippen LogP contribution in [-0.4, -0.2) is 9.55 Å². The van der Waals surface area contributed by atoms with Gasteiger partial charge < -0.3 is 8.98 Å². The van der Waals surface area contributed by atoms with Crippen LogP contribution >= 0.6 is 0 Å². The lowest BCUT2D eigenvalue weighted by atomic mass is 10.0. The summed E-state index contributed by atoms with van der Waals surface area (Å²) < 4.78 is 7.26. The van der Waals surface area contributed by atoms with Gasteiger partial charge in [0.25, 0.3) is 0 Å². The van der Waals surface area contributed by atoms with Crippen molar-refractivity contribution in [3.63, 3.8) is 0 Å². The van der Waals surface area contributed by atoms with Crippen molar-refractivity contribution in [3.05, 3.63) is 64.6 Å². The predicted octanol–water partition coefficient (Wildman–Crippen LogP) is 3.42. The Bertz CT molecular complexity index is 1070. The maximum Gasteiger partial charge on any atom is 0.215 e. The molecule has 0 fully saturated rings. The minimum atomic E-state index is 0.227. The lowest BCUT2D eigenvalue weighted by Gasteiger charge is -2.07. The molecule has 3 aromatic rings. The highest BCUT2D eigenvalue weighted by Crippen LogP contribution is 2.32. The maximum absolute atomic E-state index is 9.61. The van der Waals surface area contributed by atoms with E-state index in [1.807, 2.05) is 36.6 Å². The van der Waals surface area contributed by atoms with Crippen LogP contribution in [0, 0.1) is 47.8 Å². The summed E-state index contributed by atoms with van der Waals surface area (Å²) in [6.07, 6.45) is 1.32. The van der Waals surface area contributed by atoms with Crippen molar-refractivity contribution in [2.24, 2.45) is 0 Å². The second-order valence-corrected chi connectivity index (χ2v) is 5.55. The quantitative estimate of drug-likeness (QED) is 0.733. The Morgan fingerprint density at radius 2 is 1.72 bits per heavy atom. The molecular formula is C19H13N5O. The molecular weight excluding hydrogens is 314 g/mol. The Hall–Kier alpha value is -3.82. The average molecular weight is 327 g/mol. The molecule has 3 rings (SSSR count). The molecule has 0 saturated heterocycles. The monoisotopic (exact) mass is 327 g/mol. The van der Waals surface area contributed by atoms with Gasteiger partial charge in [-0.3, -0.25) is 0 Å². The fraction of sp³-hybridized carbons (Fsp3) is 0.158. The lowest BCUT2D eigenvalue weighted by Crippen LogP contribution is -2.04. The first kappa shape index (κ1) is 16.1. The van der Waals surface area contributed by atoms with E-state index >= 15 is 0 Å². The number of rotatable bonds is 3. The van der Waals surface area contributed by atoms with E-state index in [-0.39, 0.29) is 5.69 Å². The summed E-state index contributed by atoms with van der Waals surface area (Å²) in [6, 6.07) is 13.4. The van der Waals surface area contributed by atoms with E-state index in [0.717, 1.165) is 22.5 Å². The van der Waals surface area contributed by atoms with Gasteiger partial charge in [0.2, 0.25) is 5.89 Å². The van der Waals surface area contributed by atoms with Gasteiger partial charge in [-0.15, -0.1) is 0 Å². The van der Waals surface area contributed by atoms with E-state index in [4.69, 9.17) is 14.9 Å². The molecule has 0 amide bonds. The molecule has 1 aromatic carbocycles. The summed E-state index contributed by atoms with van der Waals surface area (Å²) in [5.74, 6) is 0.411. The molecule has 0 unspecified atom stereocenters. The molecule has 0 aliphatic rings. The first-order valence-electron chi connectivity index (χ1n) is 7.53. The Balaban J connectivity index is 2.09. The SMILES string of the molecule is Cc1c(C#N)c(-c2ccc(C#N)cc2)c(C)n1Cc1nc(C#N)co1. The normalized spacial score (nSPS) is 10.0. The van der Waals surface area contributed by atoms with E-state index < -0.39 is 0 Å². The first-order valence-corrected chi connectivity index (χ1v) is 7.53. The number of aromatic nitrogens is 2. The summed E-state index contributed by atoms with van der Waals surface area (Å²) in [4.78, 5) is 4.10. The highest BCUT2D eigenvalue weighted by atomic mass is 16.3. The molecule has 0 radical (unpaired) electrons. The van der Waals surface area contributed by atoms with E-state index in [0.29, 0.717) is 23.6 Å². The molecule has 0 spiro atoms. The van der Waals surface area contributed by atoms with Gasteiger partial charge in [0.15, 0.2) is 5.69 Å². The van der Waals surface area contributed by atoms with Crippen LogP contribution in [0.5, 0.6) is 0 Å². The first-order chi connectivity index (χ1) is 12.1. The van der Waals surface area contributed by atoms with Crippen LogP contribution in [0.1, 0.15) is 34.1 Å². The highest BCUT2D eigenvalue weighted by molar-refractivity contribution is 5.75. The van der Waals surface area contributed by atoms with Crippen molar-refractivity contribution in [1.82, 2.24) is 9.55 Å². The molecule has 2 aromatic heterocycles. The summed E-state index contributed by atoms with van der Waals surface area (Å²) in [5, 5.41) is 27.4. The molecule has 6 nitrogen and oxygen atoms in total. The Kier molecular flexibility index (Phi) is 4.08. The second kappa shape index (κ2) is 6.35. The van der Waals surface area contributed by atoms with Crippen LogP contribution < -0.4 is 0 Å². The van der Waals surface area contributed by atoms with E-state index in [2.05, 4.69) is 17.1 Å². The average Bonchev–Trinajstić information content (AvgIpc) is 3.19. The third kappa shape index (κ3) is 2.76. The third-order valence-electron chi connectivity index (χ3n) is 4.16. The van der Waals surface area contributed by atoms with Crippen LogP contribution in [0.25, 0.3) is 11.1 Å². The number of benzene rings is 1. The zero-order valence-electron chi connectivity index (χ0n) is 13.7. The van der Waals surface area contributed by atoms with Gasteiger partial charge in [-0.2, -0.15) is 15.8 Å². The fourth-order valence-electron chi connectivity index (χ4n) is 2.89. The highest BCUT2D eigenvalue weighted by Gasteiger charge is 2.20. The molecule has 2 heterocycles. The molecule has 0 bridgehead atoms. The summed E-state index contributed by atoms with van der Waals surface area (Å²) in [5.41, 5.74) is 4.78. The van der Waals surface area contributed by atoms with Crippen LogP contribution in [0.3, 0.4) is 0 Å². The van der Waals surface area contributed by atoms with Gasteiger partial charge in [0.1, 0.15) is 18.4 Å². The lowest BCUT2D eigenvalue weighted by molar-refractivity contribution is 0.474. The zero-order valence-corrected chi connectivity index (χ0v) is 13.7. The van der Waals surface area contributed by atoms with Gasteiger partial charge in [-0.05, 0) is 31.5 Å². The Morgan fingerprint density at radius 3 is 2.28 bits per heavy atom. The smallest absolute Gasteiger partial charge is 0.215 e. The Labute approximate surface area is 144 Å². The fourth-order valence-corrected chi connectivity index (χ4v) is 2.89. The molecule has 0 atom stereocenters. The van der Waals surface area contributed by atoms with E-state index in [9.17, 15) is 5.26 Å². The molecule has 25 heavy (non-hydrogen) atoms. The minimum Gasteiger partial charge on any atom is -0.446 e. The minimum absolute atomic E-state index is 0.227. The second-order valence-electron chi connectivity index (χ2n) is 5.55. The van der Waals surface area contributed by atoms with Crippen LogP contribution in [0.15, 0.2) is 34.9 Å². The van der Waals surface area contributed by atoms with Crippen LogP contribution in [0.4, 0.5) is 0 Å². The standard InChI is InChI=1S/C19H13N5O/c1-12-17(9-22)19(15-5-3-14(7-20)4-6-15)13(2)24(12)10-18-23-16(8-21)11-25-18/h3-6,11H,10H2,1-2H3. The molecule has 6 heteroatoms. The predicted molar refractivity (Wildman–Crippen MR) is 89.1 cm³/mol. The van der Waals surface area contributed by atoms with Crippen LogP contribution in [-0.2, 0) is 6.54 Å². The van der Waals surface area contributed by atoms with Gasteiger partial charge in [-0.1, -0.05) is 12.1 Å². The molecule has 0 aliphatic carbocycles. The molecule has 0 saturated carbocycles. The molecule has 0 aliphatic heterocycles. The maximum atomic E-state index is 9.61. The number of nitriles is 3. The van der Waals surface area contributed by atoms with Crippen molar-refractivity contribution in [3.8, 4) is 29.3 Å². The Morgan fingerprint density at radius 1 is 1.00 bits per heavy atom. The molecule has 0 N–H and O–H groups in total. The topological polar surface area (TPSA) is 102 Å². The van der Waals surface area contributed by atoms with Gasteiger partial charge >= 0.3 is 0 Å². The molecule has 120 valence electrons. The zero-order chi connectivity index (χ0) is 18.0. The largest absolute Gasteiger partial charge is 0.446 e. The third-order valence-corrected chi connectivity index (χ3v) is 4.16. The van der Waals surface area contributed by atoms with Crippen molar-refractivity contribution in [2.75, 3.05) is 0 Å². The van der Waals surface area contributed by atoms with Crippen LogP contribution in [0.2, 0.25) is 0 Å². The van der Waals surface area contributed by atoms with Crippen molar-refractivity contribution >= 4 is 0 Å².